The van der Waals surface area contributed by atoms with E-state index in [0.29, 0.717) is 5.75 Å². The fourth-order valence-corrected chi connectivity index (χ4v) is 3.05. The van der Waals surface area contributed by atoms with Crippen molar-refractivity contribution in [3.63, 3.8) is 0 Å². The number of ether oxygens (including phenoxy) is 2. The highest BCUT2D eigenvalue weighted by Gasteiger charge is 2.29. The summed E-state index contributed by atoms with van der Waals surface area (Å²) in [6.07, 6.45) is -0.495. The highest BCUT2D eigenvalue weighted by molar-refractivity contribution is 5.92. The lowest BCUT2D eigenvalue weighted by molar-refractivity contribution is -0.141. The van der Waals surface area contributed by atoms with E-state index in [1.807, 2.05) is 75.4 Å². The number of hydrazine groups is 1. The maximum Gasteiger partial charge on any atom is 0.408 e. The maximum absolute atomic E-state index is 12.5. The summed E-state index contributed by atoms with van der Waals surface area (Å²) < 4.78 is 11.1. The molecule has 0 spiro atoms. The first kappa shape index (κ1) is 26.5. The zero-order chi connectivity index (χ0) is 25.3. The number of amidine groups is 1. The van der Waals surface area contributed by atoms with Crippen molar-refractivity contribution in [1.29, 1.82) is 0 Å². The molecule has 2 rings (SSSR count). The number of hydrogen-bond donors (Lipinski definition) is 4. The average Bonchev–Trinajstić information content (AvgIpc) is 2.78. The molecule has 2 aromatic carbocycles. The van der Waals surface area contributed by atoms with Crippen LogP contribution in [0.2, 0.25) is 0 Å². The number of benzene rings is 2. The Bertz CT molecular complexity index is 973. The zero-order valence-electron chi connectivity index (χ0n) is 19.9. The Hall–Kier alpha value is -3.79. The van der Waals surface area contributed by atoms with Crippen molar-refractivity contribution in [2.24, 2.45) is 16.8 Å². The molecule has 0 bridgehead atoms. The molecule has 0 aliphatic carbocycles. The minimum absolute atomic E-state index is 0.0124. The number of nitrogens with two attached hydrogens (primary N) is 2. The number of amides is 1. The van der Waals surface area contributed by atoms with Gasteiger partial charge in [-0.25, -0.2) is 15.4 Å². The van der Waals surface area contributed by atoms with E-state index in [2.05, 4.69) is 10.4 Å². The van der Waals surface area contributed by atoms with Gasteiger partial charge in [-0.1, -0.05) is 42.5 Å². The molecule has 0 aliphatic rings. The van der Waals surface area contributed by atoms with Crippen molar-refractivity contribution in [1.82, 2.24) is 10.3 Å². The van der Waals surface area contributed by atoms with Gasteiger partial charge >= 0.3 is 12.1 Å². The van der Waals surface area contributed by atoms with Crippen molar-refractivity contribution in [3.8, 4) is 5.75 Å². The summed E-state index contributed by atoms with van der Waals surface area (Å²) in [7, 11) is 0. The number of rotatable bonds is 9. The van der Waals surface area contributed by atoms with E-state index < -0.39 is 24.1 Å². The quantitative estimate of drug-likeness (QED) is 0.188. The normalized spacial score (nSPS) is 13.5. The minimum Gasteiger partial charge on any atom is -0.488 e. The van der Waals surface area contributed by atoms with Gasteiger partial charge < -0.3 is 25.7 Å². The Morgan fingerprint density at radius 2 is 1.71 bits per heavy atom. The Labute approximate surface area is 199 Å². The van der Waals surface area contributed by atoms with Gasteiger partial charge in [0.2, 0.25) is 0 Å². The number of hydrogen-bond acceptors (Lipinski definition) is 7. The first-order valence-electron chi connectivity index (χ1n) is 10.8. The molecule has 1 unspecified atom stereocenters. The number of nitrogens with one attached hydrogen (secondary N) is 1. The van der Waals surface area contributed by atoms with E-state index in [4.69, 9.17) is 21.2 Å². The second kappa shape index (κ2) is 11.9. The second-order valence-electron chi connectivity index (χ2n) is 8.73. The predicted molar refractivity (Wildman–Crippen MR) is 129 cm³/mol. The van der Waals surface area contributed by atoms with E-state index >= 15 is 0 Å². The van der Waals surface area contributed by atoms with Crippen LogP contribution >= 0.6 is 0 Å². The molecule has 0 fully saturated rings. The molecule has 0 radical (unpaired) electrons. The first-order valence-corrected chi connectivity index (χ1v) is 10.8. The van der Waals surface area contributed by atoms with Gasteiger partial charge in [0.25, 0.3) is 0 Å². The standard InChI is InChI=1S/C24H33N5O5/c1-16(22(30)31)29(26)21(28-25)20(27-23(32)33-15-18-8-6-5-7-9-18)14-17-10-12-19(13-11-17)34-24(2,3)4/h5-13,16,20H,14-15,25-26H2,1-4H3,(H,27,32)(H,30,31)/b28-21-/t16-,20?/m0/s1. The molecule has 0 heterocycles. The Morgan fingerprint density at radius 1 is 1.09 bits per heavy atom. The van der Waals surface area contributed by atoms with Crippen LogP contribution in [0, 0.1) is 0 Å². The van der Waals surface area contributed by atoms with Gasteiger partial charge in [0.05, 0.1) is 6.04 Å². The Kier molecular flexibility index (Phi) is 9.26. The van der Waals surface area contributed by atoms with Crippen molar-refractivity contribution in [2.75, 3.05) is 0 Å². The van der Waals surface area contributed by atoms with Crippen molar-refractivity contribution < 1.29 is 24.2 Å². The molecule has 0 aromatic heterocycles. The summed E-state index contributed by atoms with van der Waals surface area (Å²) in [6.45, 7) is 7.30. The summed E-state index contributed by atoms with van der Waals surface area (Å²) in [5, 5.41) is 16.6. The molecule has 0 saturated heterocycles. The SMILES string of the molecule is C[C@@H](C(=O)O)N(N)/C(=N\N)C(Cc1ccc(OC(C)(C)C)cc1)NC(=O)OCc1ccccc1. The zero-order valence-corrected chi connectivity index (χ0v) is 19.9. The van der Waals surface area contributed by atoms with E-state index in [0.717, 1.165) is 16.1 Å². The van der Waals surface area contributed by atoms with Crippen LogP contribution in [-0.2, 0) is 22.6 Å². The first-order chi connectivity index (χ1) is 16.0. The van der Waals surface area contributed by atoms with Crippen LogP contribution in [0.25, 0.3) is 0 Å². The molecule has 2 aromatic rings. The third-order valence-electron chi connectivity index (χ3n) is 4.78. The maximum atomic E-state index is 12.5. The number of aliphatic carboxylic acids is 1. The average molecular weight is 472 g/mol. The van der Waals surface area contributed by atoms with Crippen LogP contribution in [0.15, 0.2) is 59.7 Å². The number of nitrogens with zero attached hydrogens (tertiary/aromatic N) is 2. The van der Waals surface area contributed by atoms with Gasteiger partial charge in [-0.05, 0) is 51.0 Å². The topological polar surface area (TPSA) is 152 Å². The monoisotopic (exact) mass is 471 g/mol. The van der Waals surface area contributed by atoms with Gasteiger partial charge in [-0.15, -0.1) is 0 Å². The molecular weight excluding hydrogens is 438 g/mol. The van der Waals surface area contributed by atoms with Crippen LogP contribution in [0.5, 0.6) is 5.75 Å². The molecule has 2 atom stereocenters. The number of hydrazone groups is 1. The fourth-order valence-electron chi connectivity index (χ4n) is 3.05. The largest absolute Gasteiger partial charge is 0.488 e. The lowest BCUT2D eigenvalue weighted by atomic mass is 10.0. The summed E-state index contributed by atoms with van der Waals surface area (Å²) in [6, 6.07) is 14.5. The van der Waals surface area contributed by atoms with Crippen molar-refractivity contribution in [2.45, 2.75) is 58.4 Å². The summed E-state index contributed by atoms with van der Waals surface area (Å²) in [5.74, 6) is 11.1. The number of carboxylic acid groups (broad SMARTS) is 1. The molecule has 184 valence electrons. The molecule has 10 nitrogen and oxygen atoms in total. The van der Waals surface area contributed by atoms with Crippen molar-refractivity contribution in [3.05, 3.63) is 65.7 Å². The fraction of sp³-hybridized carbons (Fsp3) is 0.375. The lowest BCUT2D eigenvalue weighted by Gasteiger charge is -2.29. The Morgan fingerprint density at radius 3 is 2.24 bits per heavy atom. The third-order valence-corrected chi connectivity index (χ3v) is 4.78. The van der Waals surface area contributed by atoms with Crippen LogP contribution in [0.1, 0.15) is 38.8 Å². The van der Waals surface area contributed by atoms with Gasteiger partial charge in [0.15, 0.2) is 5.84 Å². The van der Waals surface area contributed by atoms with Gasteiger partial charge in [0, 0.05) is 6.42 Å². The smallest absolute Gasteiger partial charge is 0.408 e. The second-order valence-corrected chi connectivity index (χ2v) is 8.73. The van der Waals surface area contributed by atoms with Gasteiger partial charge in [-0.2, -0.15) is 5.10 Å². The molecule has 6 N–H and O–H groups in total. The summed E-state index contributed by atoms with van der Waals surface area (Å²) >= 11 is 0. The predicted octanol–water partition coefficient (Wildman–Crippen LogP) is 2.62. The van der Waals surface area contributed by atoms with Gasteiger partial charge in [-0.3, -0.25) is 5.01 Å². The van der Waals surface area contributed by atoms with E-state index in [1.54, 1.807) is 0 Å². The molecule has 10 heteroatoms. The van der Waals surface area contributed by atoms with Crippen molar-refractivity contribution >= 4 is 17.9 Å². The molecule has 34 heavy (non-hydrogen) atoms. The number of carboxylic acids is 1. The highest BCUT2D eigenvalue weighted by Crippen LogP contribution is 2.19. The van der Waals surface area contributed by atoms with E-state index in [9.17, 15) is 14.7 Å². The molecule has 0 saturated carbocycles. The number of alkyl carbamates (subject to hydrolysis) is 1. The summed E-state index contributed by atoms with van der Waals surface area (Å²) in [4.78, 5) is 24.0. The van der Waals surface area contributed by atoms with Crippen LogP contribution < -0.4 is 21.7 Å². The highest BCUT2D eigenvalue weighted by atomic mass is 16.5. The number of carbonyl (C=O) groups is 2. The number of carbonyl (C=O) groups excluding carboxylic acids is 1. The van der Waals surface area contributed by atoms with Crippen LogP contribution in [0.4, 0.5) is 4.79 Å². The van der Waals surface area contributed by atoms with Gasteiger partial charge in [0.1, 0.15) is 24.0 Å². The van der Waals surface area contributed by atoms with E-state index in [1.165, 1.54) is 6.92 Å². The molecule has 0 aliphatic heterocycles. The lowest BCUT2D eigenvalue weighted by Crippen LogP contribution is -2.57. The Balaban J connectivity index is 2.20. The van der Waals surface area contributed by atoms with Crippen LogP contribution in [0.3, 0.4) is 0 Å². The third kappa shape index (κ3) is 8.28. The molecule has 1 amide bonds. The van der Waals surface area contributed by atoms with E-state index in [-0.39, 0.29) is 24.5 Å². The van der Waals surface area contributed by atoms with Crippen LogP contribution in [-0.4, -0.2) is 45.7 Å². The minimum atomic E-state index is -1.17. The summed E-state index contributed by atoms with van der Waals surface area (Å²) in [5.41, 5.74) is 1.28. The molecular formula is C24H33N5O5.